The standard InChI is InChI=1S/C26H38FNO2/c1-2-3-4-19-7-11-22(12-8-19)23-13-9-21(10-14-23)18-30-25-16-15-24(26(27)28-25)29-17-20-5-6-20/h9,15-16,19-20,22-23H,2-8,10-14,17-18H2,1H3. The molecule has 1 unspecified atom stereocenters. The monoisotopic (exact) mass is 415 g/mol. The molecule has 0 radical (unpaired) electrons. The molecule has 0 N–H and O–H groups in total. The smallest absolute Gasteiger partial charge is 0.258 e. The second-order valence-corrected chi connectivity index (χ2v) is 9.80. The number of hydrogen-bond donors (Lipinski definition) is 0. The lowest BCUT2D eigenvalue weighted by atomic mass is 9.71. The number of nitrogens with zero attached hydrogens (tertiary/aromatic N) is 1. The topological polar surface area (TPSA) is 31.4 Å². The van der Waals surface area contributed by atoms with Gasteiger partial charge in [0.15, 0.2) is 5.75 Å². The highest BCUT2D eigenvalue weighted by molar-refractivity contribution is 5.25. The molecule has 0 aromatic carbocycles. The summed E-state index contributed by atoms with van der Waals surface area (Å²) in [6.07, 6.45) is 18.2. The summed E-state index contributed by atoms with van der Waals surface area (Å²) < 4.78 is 25.4. The van der Waals surface area contributed by atoms with Crippen molar-refractivity contribution < 1.29 is 13.9 Å². The lowest BCUT2D eigenvalue weighted by molar-refractivity contribution is 0.183. The molecule has 4 rings (SSSR count). The third kappa shape index (κ3) is 6.21. The van der Waals surface area contributed by atoms with Crippen molar-refractivity contribution >= 4 is 0 Å². The number of aromatic nitrogens is 1. The first kappa shape index (κ1) is 21.6. The molecule has 2 saturated carbocycles. The number of pyridine rings is 1. The molecular weight excluding hydrogens is 377 g/mol. The van der Waals surface area contributed by atoms with Crippen molar-refractivity contribution in [2.45, 2.75) is 84.0 Å². The Morgan fingerprint density at radius 3 is 2.43 bits per heavy atom. The zero-order valence-corrected chi connectivity index (χ0v) is 18.6. The molecule has 3 aliphatic rings. The van der Waals surface area contributed by atoms with E-state index in [0.29, 0.717) is 25.0 Å². The lowest BCUT2D eigenvalue weighted by Crippen LogP contribution is -2.24. The van der Waals surface area contributed by atoms with Gasteiger partial charge in [-0.2, -0.15) is 9.37 Å². The summed E-state index contributed by atoms with van der Waals surface area (Å²) in [5.74, 6) is 3.36. The van der Waals surface area contributed by atoms with E-state index in [2.05, 4.69) is 18.0 Å². The van der Waals surface area contributed by atoms with Gasteiger partial charge in [-0.05, 0) is 80.3 Å². The van der Waals surface area contributed by atoms with Crippen LogP contribution in [0, 0.1) is 29.6 Å². The van der Waals surface area contributed by atoms with E-state index in [9.17, 15) is 4.39 Å². The molecule has 3 nitrogen and oxygen atoms in total. The van der Waals surface area contributed by atoms with Crippen LogP contribution in [0.1, 0.15) is 84.0 Å². The molecule has 4 heteroatoms. The van der Waals surface area contributed by atoms with Crippen molar-refractivity contribution in [1.82, 2.24) is 4.98 Å². The van der Waals surface area contributed by atoms with E-state index in [0.717, 1.165) is 24.2 Å². The Morgan fingerprint density at radius 1 is 0.967 bits per heavy atom. The molecule has 2 fully saturated rings. The predicted octanol–water partition coefficient (Wildman–Crippen LogP) is 7.11. The molecule has 0 spiro atoms. The summed E-state index contributed by atoms with van der Waals surface area (Å²) in [6.45, 7) is 3.41. The first-order valence-electron chi connectivity index (χ1n) is 12.3. The van der Waals surface area contributed by atoms with Gasteiger partial charge in [0.25, 0.3) is 5.95 Å². The minimum absolute atomic E-state index is 0.235. The van der Waals surface area contributed by atoms with Gasteiger partial charge in [0.1, 0.15) is 6.61 Å². The van der Waals surface area contributed by atoms with Crippen LogP contribution in [-0.4, -0.2) is 18.2 Å². The molecule has 3 aliphatic carbocycles. The first-order chi connectivity index (χ1) is 14.7. The molecular formula is C26H38FNO2. The van der Waals surface area contributed by atoms with Crippen LogP contribution in [0.4, 0.5) is 4.39 Å². The van der Waals surface area contributed by atoms with Gasteiger partial charge in [0, 0.05) is 6.07 Å². The molecule has 1 atom stereocenters. The van der Waals surface area contributed by atoms with Crippen LogP contribution in [-0.2, 0) is 0 Å². The third-order valence-corrected chi connectivity index (χ3v) is 7.44. The summed E-state index contributed by atoms with van der Waals surface area (Å²) in [5.41, 5.74) is 1.33. The molecule has 1 heterocycles. The van der Waals surface area contributed by atoms with Crippen molar-refractivity contribution in [2.24, 2.45) is 23.7 Å². The van der Waals surface area contributed by atoms with Gasteiger partial charge in [-0.1, -0.05) is 45.1 Å². The number of halogens is 1. The van der Waals surface area contributed by atoms with E-state index < -0.39 is 5.95 Å². The van der Waals surface area contributed by atoms with Gasteiger partial charge in [-0.25, -0.2) is 0 Å². The zero-order valence-electron chi connectivity index (χ0n) is 18.6. The predicted molar refractivity (Wildman–Crippen MR) is 118 cm³/mol. The van der Waals surface area contributed by atoms with Gasteiger partial charge in [-0.3, -0.25) is 0 Å². The van der Waals surface area contributed by atoms with Crippen LogP contribution in [0.25, 0.3) is 0 Å². The maximum atomic E-state index is 14.1. The van der Waals surface area contributed by atoms with E-state index in [-0.39, 0.29) is 5.75 Å². The first-order valence-corrected chi connectivity index (χ1v) is 12.3. The molecule has 0 bridgehead atoms. The van der Waals surface area contributed by atoms with Crippen LogP contribution in [0.15, 0.2) is 23.8 Å². The maximum Gasteiger partial charge on any atom is 0.258 e. The lowest BCUT2D eigenvalue weighted by Gasteiger charge is -2.35. The van der Waals surface area contributed by atoms with E-state index in [1.807, 2.05) is 0 Å². The summed E-state index contributed by atoms with van der Waals surface area (Å²) in [7, 11) is 0. The minimum Gasteiger partial charge on any atom is -0.488 e. The van der Waals surface area contributed by atoms with E-state index >= 15 is 0 Å². The summed E-state index contributed by atoms with van der Waals surface area (Å²) in [5, 5.41) is 0. The fourth-order valence-electron chi connectivity index (χ4n) is 5.16. The third-order valence-electron chi connectivity index (χ3n) is 7.44. The van der Waals surface area contributed by atoms with Crippen LogP contribution >= 0.6 is 0 Å². The molecule has 1 aromatic heterocycles. The van der Waals surface area contributed by atoms with E-state index in [1.54, 1.807) is 12.1 Å². The number of allylic oxidation sites excluding steroid dienone is 1. The summed E-state index contributed by atoms with van der Waals surface area (Å²) >= 11 is 0. The van der Waals surface area contributed by atoms with Gasteiger partial charge in [0.2, 0.25) is 5.88 Å². The van der Waals surface area contributed by atoms with Gasteiger partial charge in [0.05, 0.1) is 6.61 Å². The van der Waals surface area contributed by atoms with Gasteiger partial charge in [-0.15, -0.1) is 0 Å². The number of unbranched alkanes of at least 4 members (excludes halogenated alkanes) is 1. The average molecular weight is 416 g/mol. The Morgan fingerprint density at radius 2 is 1.77 bits per heavy atom. The number of rotatable bonds is 10. The molecule has 0 saturated heterocycles. The van der Waals surface area contributed by atoms with E-state index in [4.69, 9.17) is 9.47 Å². The highest BCUT2D eigenvalue weighted by Gasteiger charge is 2.28. The van der Waals surface area contributed by atoms with Crippen molar-refractivity contribution in [3.8, 4) is 11.6 Å². The Hall–Kier alpha value is -1.58. The van der Waals surface area contributed by atoms with Crippen molar-refractivity contribution in [3.05, 3.63) is 29.7 Å². The van der Waals surface area contributed by atoms with Gasteiger partial charge < -0.3 is 9.47 Å². The fraction of sp³-hybridized carbons (Fsp3) is 0.731. The number of ether oxygens (including phenoxy) is 2. The molecule has 0 aliphatic heterocycles. The maximum absolute atomic E-state index is 14.1. The SMILES string of the molecule is CCCCC1CCC(C2CC=C(COc3ccc(OCC4CC4)c(F)n3)CC2)CC1. The molecule has 166 valence electrons. The minimum atomic E-state index is -0.569. The quantitative estimate of drug-likeness (QED) is 0.301. The second-order valence-electron chi connectivity index (χ2n) is 9.80. The molecule has 30 heavy (non-hydrogen) atoms. The normalized spacial score (nSPS) is 26.9. The van der Waals surface area contributed by atoms with Gasteiger partial charge >= 0.3 is 0 Å². The average Bonchev–Trinajstić information content (AvgIpc) is 3.61. The molecule has 0 amide bonds. The van der Waals surface area contributed by atoms with Crippen LogP contribution in [0.3, 0.4) is 0 Å². The van der Waals surface area contributed by atoms with Crippen molar-refractivity contribution in [1.29, 1.82) is 0 Å². The van der Waals surface area contributed by atoms with Crippen molar-refractivity contribution in [3.63, 3.8) is 0 Å². The van der Waals surface area contributed by atoms with Crippen LogP contribution in [0.5, 0.6) is 11.6 Å². The highest BCUT2D eigenvalue weighted by atomic mass is 19.1. The van der Waals surface area contributed by atoms with E-state index in [1.165, 1.54) is 76.2 Å². The second kappa shape index (κ2) is 10.6. The Bertz CT molecular complexity index is 707. The zero-order chi connectivity index (χ0) is 20.8. The number of hydrogen-bond acceptors (Lipinski definition) is 3. The van der Waals surface area contributed by atoms with Crippen molar-refractivity contribution in [2.75, 3.05) is 13.2 Å². The Kier molecular flexibility index (Phi) is 7.67. The molecule has 1 aromatic rings. The summed E-state index contributed by atoms with van der Waals surface area (Å²) in [4.78, 5) is 3.93. The Balaban J connectivity index is 1.18. The van der Waals surface area contributed by atoms with Crippen LogP contribution in [0.2, 0.25) is 0 Å². The van der Waals surface area contributed by atoms with Crippen LogP contribution < -0.4 is 9.47 Å². The Labute approximate surface area is 181 Å². The highest BCUT2D eigenvalue weighted by Crippen LogP contribution is 2.40. The fourth-order valence-corrected chi connectivity index (χ4v) is 5.16. The summed E-state index contributed by atoms with van der Waals surface area (Å²) in [6, 6.07) is 3.36. The largest absolute Gasteiger partial charge is 0.488 e.